The molecule has 4 fully saturated rings. The van der Waals surface area contributed by atoms with Crippen LogP contribution in [0.15, 0.2) is 18.5 Å². The van der Waals surface area contributed by atoms with Gasteiger partial charge in [-0.3, -0.25) is 0 Å². The van der Waals surface area contributed by atoms with Crippen molar-refractivity contribution in [2.75, 3.05) is 11.9 Å². The highest BCUT2D eigenvalue weighted by Crippen LogP contribution is 2.56. The molecule has 4 bridgehead atoms. The summed E-state index contributed by atoms with van der Waals surface area (Å²) in [5.74, 6) is 1.24. The van der Waals surface area contributed by atoms with Gasteiger partial charge in [0.25, 0.3) is 0 Å². The van der Waals surface area contributed by atoms with Gasteiger partial charge in [-0.25, -0.2) is 9.78 Å². The van der Waals surface area contributed by atoms with E-state index in [-0.39, 0.29) is 5.97 Å². The number of aromatic nitrogens is 2. The Kier molecular flexibility index (Phi) is 3.54. The monoisotopic (exact) mass is 355 g/mol. The molecule has 0 aliphatic heterocycles. The molecule has 2 aromatic heterocycles. The molecule has 2 aromatic rings. The van der Waals surface area contributed by atoms with E-state index in [1.54, 1.807) is 6.20 Å². The molecule has 6 rings (SSSR count). The number of fused-ring (bicyclic) bond motifs is 1. The molecule has 138 valence electrons. The third-order valence-electron chi connectivity index (χ3n) is 6.63. The Balaban J connectivity index is 1.52. The van der Waals surface area contributed by atoms with Gasteiger partial charge in [0.1, 0.15) is 11.2 Å². The molecule has 4 aliphatic rings. The van der Waals surface area contributed by atoms with E-state index < -0.39 is 5.60 Å². The number of hydrogen-bond donors (Lipinski definition) is 3. The maximum absolute atomic E-state index is 12.5. The fraction of sp³-hybridized carbons (Fsp3) is 0.600. The van der Waals surface area contributed by atoms with Gasteiger partial charge in [-0.05, 0) is 62.8 Å². The molecule has 0 aromatic carbocycles. The second kappa shape index (κ2) is 5.71. The lowest BCUT2D eigenvalue weighted by Crippen LogP contribution is -2.59. The van der Waals surface area contributed by atoms with Crippen LogP contribution >= 0.6 is 0 Å². The van der Waals surface area contributed by atoms with Crippen LogP contribution in [0.25, 0.3) is 11.0 Å². The van der Waals surface area contributed by atoms with E-state index in [0.29, 0.717) is 36.0 Å². The summed E-state index contributed by atoms with van der Waals surface area (Å²) in [5.41, 5.74) is 1.62. The predicted octanol–water partition coefficient (Wildman–Crippen LogP) is 3.09. The van der Waals surface area contributed by atoms with Crippen LogP contribution in [-0.4, -0.2) is 39.3 Å². The lowest BCUT2D eigenvalue weighted by Gasteiger charge is -2.58. The summed E-state index contributed by atoms with van der Waals surface area (Å²) in [5, 5.41) is 15.4. The second-order valence-corrected chi connectivity index (χ2v) is 8.37. The highest BCUT2D eigenvalue weighted by atomic mass is 16.5. The van der Waals surface area contributed by atoms with Gasteiger partial charge >= 0.3 is 5.97 Å². The molecule has 0 saturated heterocycles. The van der Waals surface area contributed by atoms with E-state index in [1.165, 1.54) is 12.8 Å². The van der Waals surface area contributed by atoms with Gasteiger partial charge in [0.2, 0.25) is 0 Å². The van der Waals surface area contributed by atoms with Crippen LogP contribution in [0.2, 0.25) is 0 Å². The second-order valence-electron chi connectivity index (χ2n) is 8.37. The van der Waals surface area contributed by atoms with Crippen molar-refractivity contribution < 1.29 is 14.6 Å². The van der Waals surface area contributed by atoms with Crippen molar-refractivity contribution in [2.24, 2.45) is 17.8 Å². The molecule has 0 spiro atoms. The van der Waals surface area contributed by atoms with Crippen LogP contribution in [0.4, 0.5) is 5.69 Å². The zero-order valence-electron chi connectivity index (χ0n) is 15.0. The van der Waals surface area contributed by atoms with Gasteiger partial charge in [0.15, 0.2) is 0 Å². The Labute approximate surface area is 152 Å². The maximum Gasteiger partial charge on any atom is 0.341 e. The van der Waals surface area contributed by atoms with Gasteiger partial charge in [0, 0.05) is 23.8 Å². The molecule has 4 saturated carbocycles. The summed E-state index contributed by atoms with van der Waals surface area (Å²) in [6, 6.07) is 2.25. The minimum absolute atomic E-state index is 0.292. The van der Waals surface area contributed by atoms with Crippen molar-refractivity contribution in [1.29, 1.82) is 0 Å². The number of ether oxygens (including phenoxy) is 1. The van der Waals surface area contributed by atoms with Crippen molar-refractivity contribution in [1.82, 2.24) is 9.97 Å². The van der Waals surface area contributed by atoms with E-state index in [2.05, 4.69) is 15.3 Å². The molecule has 4 aliphatic carbocycles. The zero-order valence-corrected chi connectivity index (χ0v) is 15.0. The van der Waals surface area contributed by atoms with Crippen LogP contribution in [0, 0.1) is 17.8 Å². The van der Waals surface area contributed by atoms with Gasteiger partial charge in [-0.2, -0.15) is 0 Å². The molecular weight excluding hydrogens is 330 g/mol. The smallest absolute Gasteiger partial charge is 0.341 e. The van der Waals surface area contributed by atoms with E-state index in [0.717, 1.165) is 36.0 Å². The predicted molar refractivity (Wildman–Crippen MR) is 98.0 cm³/mol. The Hall–Kier alpha value is -2.08. The summed E-state index contributed by atoms with van der Waals surface area (Å²) in [4.78, 5) is 20.0. The largest absolute Gasteiger partial charge is 0.462 e. The molecule has 6 heteroatoms. The summed E-state index contributed by atoms with van der Waals surface area (Å²) in [6.45, 7) is 2.15. The molecule has 1 unspecified atom stereocenters. The topological polar surface area (TPSA) is 87.2 Å². The normalized spacial score (nSPS) is 35.0. The zero-order chi connectivity index (χ0) is 17.9. The molecule has 26 heavy (non-hydrogen) atoms. The first-order chi connectivity index (χ1) is 12.6. The molecular formula is C20H25N3O3. The van der Waals surface area contributed by atoms with E-state index in [9.17, 15) is 9.90 Å². The average Bonchev–Trinajstić information content (AvgIpc) is 3.05. The van der Waals surface area contributed by atoms with Crippen LogP contribution in [0.3, 0.4) is 0 Å². The van der Waals surface area contributed by atoms with Crippen molar-refractivity contribution in [2.45, 2.75) is 50.7 Å². The number of carbonyl (C=O) groups excluding carboxylic acids is 1. The van der Waals surface area contributed by atoms with Crippen LogP contribution in [0.1, 0.15) is 49.4 Å². The Morgan fingerprint density at radius 1 is 1.38 bits per heavy atom. The summed E-state index contributed by atoms with van der Waals surface area (Å²) < 4.78 is 5.25. The number of H-pyrrole nitrogens is 1. The maximum atomic E-state index is 12.5. The van der Waals surface area contributed by atoms with Crippen molar-refractivity contribution in [3.8, 4) is 0 Å². The lowest BCUT2D eigenvalue weighted by molar-refractivity contribution is -0.129. The van der Waals surface area contributed by atoms with E-state index >= 15 is 0 Å². The molecule has 3 N–H and O–H groups in total. The summed E-state index contributed by atoms with van der Waals surface area (Å²) in [6.07, 6.45) is 8.50. The standard InChI is InChI=1S/C20H25N3O3/c1-2-26-19(24)15-10-22-18-14(3-4-21-18)17(15)23-16-12-5-11-6-13(16)9-20(25,7-11)8-12/h3-4,10-13,16,25H,2,5-9H2,1H3,(H2,21,22,23)/t11?,12-,13+,16+,20-. The fourth-order valence-electron chi connectivity index (χ4n) is 5.91. The highest BCUT2D eigenvalue weighted by Gasteiger charge is 2.54. The summed E-state index contributed by atoms with van der Waals surface area (Å²) in [7, 11) is 0. The fourth-order valence-corrected chi connectivity index (χ4v) is 5.91. The number of carbonyl (C=O) groups is 1. The minimum Gasteiger partial charge on any atom is -0.462 e. The van der Waals surface area contributed by atoms with E-state index in [1.807, 2.05) is 19.2 Å². The number of nitrogens with zero attached hydrogens (tertiary/aromatic N) is 1. The van der Waals surface area contributed by atoms with Gasteiger partial charge in [0.05, 0.1) is 17.9 Å². The number of rotatable bonds is 4. The highest BCUT2D eigenvalue weighted by molar-refractivity contribution is 6.04. The number of hydrogen-bond acceptors (Lipinski definition) is 5. The van der Waals surface area contributed by atoms with Crippen LogP contribution in [-0.2, 0) is 4.74 Å². The number of pyridine rings is 1. The Bertz CT molecular complexity index is 845. The minimum atomic E-state index is -0.458. The quantitative estimate of drug-likeness (QED) is 0.734. The van der Waals surface area contributed by atoms with Gasteiger partial charge < -0.3 is 20.1 Å². The first-order valence-electron chi connectivity index (χ1n) is 9.68. The van der Waals surface area contributed by atoms with Crippen molar-refractivity contribution in [3.05, 3.63) is 24.0 Å². The van der Waals surface area contributed by atoms with Crippen molar-refractivity contribution >= 4 is 22.7 Å². The number of aromatic amines is 1. The SMILES string of the molecule is CCOC(=O)c1cnc2[nH]ccc2c1N[C@H]1[C@@H]2CC3C[C@H]1C[C@@](O)(C3)C2. The Morgan fingerprint density at radius 3 is 2.85 bits per heavy atom. The number of anilines is 1. The molecule has 5 atom stereocenters. The van der Waals surface area contributed by atoms with Crippen LogP contribution < -0.4 is 5.32 Å². The number of nitrogens with one attached hydrogen (secondary N) is 2. The first-order valence-corrected chi connectivity index (χ1v) is 9.68. The van der Waals surface area contributed by atoms with Gasteiger partial charge in [-0.15, -0.1) is 0 Å². The number of aliphatic hydroxyl groups is 1. The van der Waals surface area contributed by atoms with Crippen molar-refractivity contribution in [3.63, 3.8) is 0 Å². The lowest BCUT2D eigenvalue weighted by atomic mass is 9.52. The molecule has 0 radical (unpaired) electrons. The first kappa shape index (κ1) is 16.1. The van der Waals surface area contributed by atoms with Gasteiger partial charge in [-0.1, -0.05) is 0 Å². The third-order valence-corrected chi connectivity index (χ3v) is 6.63. The third kappa shape index (κ3) is 2.42. The van der Waals surface area contributed by atoms with E-state index in [4.69, 9.17) is 4.74 Å². The number of esters is 1. The summed E-state index contributed by atoms with van der Waals surface area (Å²) >= 11 is 0. The Morgan fingerprint density at radius 2 is 2.15 bits per heavy atom. The molecule has 0 amide bonds. The average molecular weight is 355 g/mol. The van der Waals surface area contributed by atoms with Crippen LogP contribution in [0.5, 0.6) is 0 Å². The molecule has 6 nitrogen and oxygen atoms in total. The molecule has 2 heterocycles.